The van der Waals surface area contributed by atoms with Crippen LogP contribution in [-0.2, 0) is 0 Å². The third kappa shape index (κ3) is 6.69. The highest BCUT2D eigenvalue weighted by molar-refractivity contribution is 4.91. The van der Waals surface area contributed by atoms with Gasteiger partial charge in [0.1, 0.15) is 0 Å². The predicted molar refractivity (Wildman–Crippen MR) is 92.8 cm³/mol. The molecule has 2 heteroatoms. The Bertz CT molecular complexity index is 240. The predicted octanol–water partition coefficient (Wildman–Crippen LogP) is 4.59. The average molecular weight is 295 g/mol. The van der Waals surface area contributed by atoms with Gasteiger partial charge in [-0.05, 0) is 38.3 Å². The Morgan fingerprint density at radius 1 is 0.857 bits per heavy atom. The molecule has 0 aliphatic carbocycles. The van der Waals surface area contributed by atoms with Gasteiger partial charge in [-0.3, -0.25) is 0 Å². The Balaban J connectivity index is 1.37. The zero-order valence-corrected chi connectivity index (χ0v) is 14.4. The molecule has 0 aromatic carbocycles. The Morgan fingerprint density at radius 3 is 2.19 bits per heavy atom. The first-order valence-corrected chi connectivity index (χ1v) is 9.86. The Labute approximate surface area is 133 Å². The molecule has 2 nitrogen and oxygen atoms in total. The summed E-state index contributed by atoms with van der Waals surface area (Å²) in [5, 5.41) is 3.71. The summed E-state index contributed by atoms with van der Waals surface area (Å²) < 4.78 is 0. The van der Waals surface area contributed by atoms with E-state index in [1.807, 2.05) is 0 Å². The Hall–Kier alpha value is -0.0800. The second kappa shape index (κ2) is 10.6. The van der Waals surface area contributed by atoms with Gasteiger partial charge in [0, 0.05) is 19.1 Å². The van der Waals surface area contributed by atoms with Gasteiger partial charge in [0.25, 0.3) is 0 Å². The highest BCUT2D eigenvalue weighted by atomic mass is 15.2. The van der Waals surface area contributed by atoms with E-state index in [4.69, 9.17) is 0 Å². The van der Waals surface area contributed by atoms with E-state index in [-0.39, 0.29) is 0 Å². The lowest BCUT2D eigenvalue weighted by molar-refractivity contribution is 0.311. The third-order valence-electron chi connectivity index (χ3n) is 5.50. The Morgan fingerprint density at radius 2 is 1.52 bits per heavy atom. The van der Waals surface area contributed by atoms with Crippen LogP contribution in [0, 0.1) is 5.92 Å². The van der Waals surface area contributed by atoms with Crippen molar-refractivity contribution in [2.45, 2.75) is 90.0 Å². The molecule has 2 heterocycles. The molecule has 0 aromatic heterocycles. The number of hydrogen-bond donors (Lipinski definition) is 1. The van der Waals surface area contributed by atoms with Crippen LogP contribution in [0.2, 0.25) is 0 Å². The summed E-state index contributed by atoms with van der Waals surface area (Å²) in [6.07, 6.45) is 17.4. The van der Waals surface area contributed by atoms with Gasteiger partial charge in [-0.1, -0.05) is 64.7 Å². The van der Waals surface area contributed by atoms with Crippen molar-refractivity contribution in [3.05, 3.63) is 0 Å². The van der Waals surface area contributed by atoms with Crippen LogP contribution >= 0.6 is 0 Å². The first-order chi connectivity index (χ1) is 10.4. The minimum Gasteiger partial charge on any atom is -0.312 e. The molecule has 2 aliphatic rings. The molecule has 2 rings (SSSR count). The van der Waals surface area contributed by atoms with Gasteiger partial charge in [-0.2, -0.15) is 0 Å². The quantitative estimate of drug-likeness (QED) is 0.561. The van der Waals surface area contributed by atoms with Gasteiger partial charge >= 0.3 is 0 Å². The number of fused-ring (bicyclic) bond motifs is 1. The van der Waals surface area contributed by atoms with Gasteiger partial charge < -0.3 is 10.2 Å². The van der Waals surface area contributed by atoms with E-state index >= 15 is 0 Å². The van der Waals surface area contributed by atoms with Gasteiger partial charge in [0.05, 0.1) is 0 Å². The molecule has 2 aliphatic heterocycles. The van der Waals surface area contributed by atoms with Gasteiger partial charge in [0.15, 0.2) is 0 Å². The van der Waals surface area contributed by atoms with Crippen molar-refractivity contribution in [2.24, 2.45) is 5.92 Å². The van der Waals surface area contributed by atoms with Crippen molar-refractivity contribution in [1.29, 1.82) is 0 Å². The van der Waals surface area contributed by atoms with E-state index in [0.29, 0.717) is 0 Å². The van der Waals surface area contributed by atoms with Crippen molar-refractivity contribution in [2.75, 3.05) is 26.2 Å². The molecule has 0 unspecified atom stereocenters. The van der Waals surface area contributed by atoms with Crippen molar-refractivity contribution in [1.82, 2.24) is 10.2 Å². The maximum atomic E-state index is 3.71. The van der Waals surface area contributed by atoms with E-state index < -0.39 is 0 Å². The number of rotatable bonds is 11. The van der Waals surface area contributed by atoms with Gasteiger partial charge in [-0.15, -0.1) is 0 Å². The number of piperidine rings is 1. The summed E-state index contributed by atoms with van der Waals surface area (Å²) in [6.45, 7) is 7.60. The Kier molecular flexibility index (Phi) is 8.73. The number of likely N-dealkylation sites (tertiary alicyclic amines) is 1. The largest absolute Gasteiger partial charge is 0.312 e. The van der Waals surface area contributed by atoms with E-state index in [1.54, 1.807) is 0 Å². The van der Waals surface area contributed by atoms with E-state index in [2.05, 4.69) is 17.1 Å². The van der Waals surface area contributed by atoms with Crippen LogP contribution in [0.3, 0.4) is 0 Å². The number of nitrogens with zero attached hydrogens (tertiary/aromatic N) is 1. The highest BCUT2D eigenvalue weighted by Crippen LogP contribution is 2.25. The lowest BCUT2D eigenvalue weighted by Crippen LogP contribution is -2.40. The first-order valence-electron chi connectivity index (χ1n) is 9.86. The van der Waals surface area contributed by atoms with Gasteiger partial charge in [-0.25, -0.2) is 0 Å². The van der Waals surface area contributed by atoms with Crippen LogP contribution in [0.15, 0.2) is 0 Å². The summed E-state index contributed by atoms with van der Waals surface area (Å²) in [5.74, 6) is 0.960. The molecule has 124 valence electrons. The lowest BCUT2D eigenvalue weighted by atomic mass is 9.94. The van der Waals surface area contributed by atoms with Crippen LogP contribution in [0.25, 0.3) is 0 Å². The number of hydrogen-bond acceptors (Lipinski definition) is 2. The molecule has 2 atom stereocenters. The molecule has 1 N–H and O–H groups in total. The van der Waals surface area contributed by atoms with Crippen LogP contribution in [0.1, 0.15) is 84.0 Å². The van der Waals surface area contributed by atoms with Crippen molar-refractivity contribution >= 4 is 0 Å². The normalized spacial score (nSPS) is 26.1. The first kappa shape index (κ1) is 17.3. The molecule has 2 saturated heterocycles. The highest BCUT2D eigenvalue weighted by Gasteiger charge is 2.33. The fourth-order valence-electron chi connectivity index (χ4n) is 4.14. The monoisotopic (exact) mass is 294 g/mol. The third-order valence-corrected chi connectivity index (χ3v) is 5.50. The summed E-state index contributed by atoms with van der Waals surface area (Å²) >= 11 is 0. The van der Waals surface area contributed by atoms with Crippen LogP contribution in [0.4, 0.5) is 0 Å². The standard InChI is InChI=1S/C19H38N2/c1-2-3-4-5-6-7-8-9-10-11-15-21-16-18-13-12-14-20-19(18)17-21/h18-20H,2-17H2,1H3/t18-,19+/m0/s1. The SMILES string of the molecule is CCCCCCCCCCCCN1C[C@@H]2CCCN[C@@H]2C1. The lowest BCUT2D eigenvalue weighted by Gasteiger charge is -2.24. The second-order valence-corrected chi connectivity index (χ2v) is 7.40. The number of nitrogens with one attached hydrogen (secondary N) is 1. The maximum Gasteiger partial charge on any atom is 0.0235 e. The molecule has 21 heavy (non-hydrogen) atoms. The van der Waals surface area contributed by atoms with Crippen LogP contribution in [0.5, 0.6) is 0 Å². The molecule has 2 fully saturated rings. The van der Waals surface area contributed by atoms with Crippen LogP contribution in [-0.4, -0.2) is 37.1 Å². The molecule has 0 spiro atoms. The maximum absolute atomic E-state index is 3.71. The minimum absolute atomic E-state index is 0.821. The fourth-order valence-corrected chi connectivity index (χ4v) is 4.14. The fraction of sp³-hybridized carbons (Fsp3) is 1.00. The molecular weight excluding hydrogens is 256 g/mol. The summed E-state index contributed by atoms with van der Waals surface area (Å²) in [5.41, 5.74) is 0. The topological polar surface area (TPSA) is 15.3 Å². The average Bonchev–Trinajstić information content (AvgIpc) is 2.92. The zero-order valence-electron chi connectivity index (χ0n) is 14.4. The van der Waals surface area contributed by atoms with E-state index in [1.165, 1.54) is 103 Å². The smallest absolute Gasteiger partial charge is 0.0235 e. The van der Waals surface area contributed by atoms with E-state index in [0.717, 1.165) is 12.0 Å². The van der Waals surface area contributed by atoms with Gasteiger partial charge in [0.2, 0.25) is 0 Å². The van der Waals surface area contributed by atoms with Crippen molar-refractivity contribution in [3.63, 3.8) is 0 Å². The zero-order chi connectivity index (χ0) is 14.8. The summed E-state index contributed by atoms with van der Waals surface area (Å²) in [7, 11) is 0. The molecular formula is C19H38N2. The molecule has 0 aromatic rings. The van der Waals surface area contributed by atoms with Crippen LogP contribution < -0.4 is 5.32 Å². The number of unbranched alkanes of at least 4 members (excludes halogenated alkanes) is 9. The summed E-state index contributed by atoms with van der Waals surface area (Å²) in [4.78, 5) is 2.72. The molecule has 0 radical (unpaired) electrons. The summed E-state index contributed by atoms with van der Waals surface area (Å²) in [6, 6.07) is 0.821. The van der Waals surface area contributed by atoms with Crippen molar-refractivity contribution < 1.29 is 0 Å². The molecule has 0 amide bonds. The molecule has 0 saturated carbocycles. The van der Waals surface area contributed by atoms with E-state index in [9.17, 15) is 0 Å². The minimum atomic E-state index is 0.821. The second-order valence-electron chi connectivity index (χ2n) is 7.40. The molecule has 0 bridgehead atoms. The van der Waals surface area contributed by atoms with Crippen molar-refractivity contribution in [3.8, 4) is 0 Å².